The highest BCUT2D eigenvalue weighted by Crippen LogP contribution is 2.25. The Labute approximate surface area is 144 Å². The normalized spacial score (nSPS) is 22.2. The molecule has 1 atom stereocenters. The third kappa shape index (κ3) is 4.98. The van der Waals surface area contributed by atoms with Gasteiger partial charge in [0.05, 0.1) is 0 Å². The second kappa shape index (κ2) is 8.74. The smallest absolute Gasteiger partial charge is 0.224 e. The van der Waals surface area contributed by atoms with Gasteiger partial charge in [-0.2, -0.15) is 11.8 Å². The quantitative estimate of drug-likeness (QED) is 0.869. The van der Waals surface area contributed by atoms with Crippen molar-refractivity contribution in [3.8, 4) is 0 Å². The van der Waals surface area contributed by atoms with Gasteiger partial charge in [-0.05, 0) is 24.8 Å². The summed E-state index contributed by atoms with van der Waals surface area (Å²) in [6, 6.07) is 11.4. The lowest BCUT2D eigenvalue weighted by Gasteiger charge is -2.32. The van der Waals surface area contributed by atoms with E-state index in [1.54, 1.807) is 0 Å². The largest absolute Gasteiger partial charge is 0.339 e. The van der Waals surface area contributed by atoms with Crippen LogP contribution < -0.4 is 5.32 Å². The Morgan fingerprint density at radius 3 is 2.70 bits per heavy atom. The number of nitrogens with one attached hydrogen (secondary N) is 1. The van der Waals surface area contributed by atoms with E-state index in [1.165, 1.54) is 37.0 Å². The number of hydrogen-bond acceptors (Lipinski definition) is 3. The van der Waals surface area contributed by atoms with Gasteiger partial charge in [-0.3, -0.25) is 4.79 Å². The van der Waals surface area contributed by atoms with Crippen molar-refractivity contribution in [2.75, 3.05) is 24.6 Å². The van der Waals surface area contributed by atoms with Crippen LogP contribution in [0.4, 0.5) is 0 Å². The van der Waals surface area contributed by atoms with Gasteiger partial charge >= 0.3 is 0 Å². The van der Waals surface area contributed by atoms with Gasteiger partial charge in [-0.1, -0.05) is 43.2 Å². The molecule has 0 bridgehead atoms. The molecule has 1 N–H and O–H groups in total. The molecule has 1 saturated heterocycles. The van der Waals surface area contributed by atoms with Crippen molar-refractivity contribution in [1.82, 2.24) is 10.2 Å². The molecule has 23 heavy (non-hydrogen) atoms. The molecular weight excluding hydrogens is 304 g/mol. The molecule has 3 nitrogen and oxygen atoms in total. The zero-order valence-electron chi connectivity index (χ0n) is 13.9. The standard InChI is InChI=1S/C19H28N2OS/c22-19(14-17-15-23-13-11-20-17)21(18-8-4-5-9-18)12-10-16-6-2-1-3-7-16/h1-3,6-7,17-18,20H,4-5,8-15H2. The van der Waals surface area contributed by atoms with E-state index in [1.807, 2.05) is 11.8 Å². The van der Waals surface area contributed by atoms with E-state index in [0.29, 0.717) is 24.4 Å². The minimum Gasteiger partial charge on any atom is -0.339 e. The average molecular weight is 333 g/mol. The van der Waals surface area contributed by atoms with Gasteiger partial charge < -0.3 is 10.2 Å². The summed E-state index contributed by atoms with van der Waals surface area (Å²) in [5, 5.41) is 3.50. The van der Waals surface area contributed by atoms with E-state index < -0.39 is 0 Å². The van der Waals surface area contributed by atoms with Crippen molar-refractivity contribution in [1.29, 1.82) is 0 Å². The first-order chi connectivity index (χ1) is 11.3. The molecule has 0 radical (unpaired) electrons. The van der Waals surface area contributed by atoms with Crippen LogP contribution in [0.2, 0.25) is 0 Å². The van der Waals surface area contributed by atoms with Crippen LogP contribution in [0.25, 0.3) is 0 Å². The van der Waals surface area contributed by atoms with Gasteiger partial charge in [0, 0.05) is 43.1 Å². The highest BCUT2D eigenvalue weighted by molar-refractivity contribution is 7.99. The van der Waals surface area contributed by atoms with Gasteiger partial charge in [-0.25, -0.2) is 0 Å². The fraction of sp³-hybridized carbons (Fsp3) is 0.632. The highest BCUT2D eigenvalue weighted by Gasteiger charge is 2.28. The molecule has 1 unspecified atom stereocenters. The molecule has 126 valence electrons. The van der Waals surface area contributed by atoms with E-state index in [4.69, 9.17) is 0 Å². The number of amides is 1. The molecule has 2 fully saturated rings. The third-order valence-electron chi connectivity index (χ3n) is 4.99. The number of benzene rings is 1. The number of hydrogen-bond donors (Lipinski definition) is 1. The average Bonchev–Trinajstić information content (AvgIpc) is 3.11. The third-order valence-corrected chi connectivity index (χ3v) is 6.12. The van der Waals surface area contributed by atoms with E-state index in [9.17, 15) is 4.79 Å². The van der Waals surface area contributed by atoms with Crippen LogP contribution in [0.5, 0.6) is 0 Å². The summed E-state index contributed by atoms with van der Waals surface area (Å²) in [6.45, 7) is 1.91. The van der Waals surface area contributed by atoms with Crippen LogP contribution in [0.3, 0.4) is 0 Å². The summed E-state index contributed by atoms with van der Waals surface area (Å²) in [6.07, 6.45) is 6.56. The molecule has 1 aromatic carbocycles. The molecule has 1 aromatic rings. The summed E-state index contributed by atoms with van der Waals surface area (Å²) >= 11 is 1.97. The molecule has 1 aliphatic heterocycles. The molecule has 1 heterocycles. The van der Waals surface area contributed by atoms with Crippen molar-refractivity contribution in [3.05, 3.63) is 35.9 Å². The van der Waals surface area contributed by atoms with E-state index >= 15 is 0 Å². The van der Waals surface area contributed by atoms with Crippen LogP contribution in [-0.4, -0.2) is 47.5 Å². The zero-order valence-corrected chi connectivity index (χ0v) is 14.7. The zero-order chi connectivity index (χ0) is 15.9. The second-order valence-electron chi connectivity index (χ2n) is 6.69. The highest BCUT2D eigenvalue weighted by atomic mass is 32.2. The first-order valence-corrected chi connectivity index (χ1v) is 10.1. The molecule has 0 aromatic heterocycles. The Morgan fingerprint density at radius 2 is 2.00 bits per heavy atom. The lowest BCUT2D eigenvalue weighted by atomic mass is 10.1. The molecular formula is C19H28N2OS. The van der Waals surface area contributed by atoms with Crippen molar-refractivity contribution in [3.63, 3.8) is 0 Å². The SMILES string of the molecule is O=C(CC1CSCCN1)N(CCc1ccccc1)C1CCCC1. The predicted octanol–water partition coefficient (Wildman–Crippen LogP) is 3.10. The fourth-order valence-corrected chi connectivity index (χ4v) is 4.65. The van der Waals surface area contributed by atoms with Gasteiger partial charge in [0.1, 0.15) is 0 Å². The number of carbonyl (C=O) groups excluding carboxylic acids is 1. The van der Waals surface area contributed by atoms with Gasteiger partial charge in [-0.15, -0.1) is 0 Å². The van der Waals surface area contributed by atoms with Crippen LogP contribution in [0, 0.1) is 0 Å². The molecule has 2 aliphatic rings. The first-order valence-electron chi connectivity index (χ1n) is 8.97. The lowest BCUT2D eigenvalue weighted by molar-refractivity contribution is -0.133. The Kier molecular flexibility index (Phi) is 6.40. The van der Waals surface area contributed by atoms with Crippen molar-refractivity contribution in [2.45, 2.75) is 50.6 Å². The Morgan fingerprint density at radius 1 is 1.22 bits per heavy atom. The van der Waals surface area contributed by atoms with Gasteiger partial charge in [0.2, 0.25) is 5.91 Å². The number of carbonyl (C=O) groups is 1. The molecule has 0 spiro atoms. The lowest BCUT2D eigenvalue weighted by Crippen LogP contribution is -2.46. The molecule has 4 heteroatoms. The first kappa shape index (κ1) is 16.8. The minimum absolute atomic E-state index is 0.354. The van der Waals surface area contributed by atoms with Crippen LogP contribution >= 0.6 is 11.8 Å². The monoisotopic (exact) mass is 332 g/mol. The van der Waals surface area contributed by atoms with Crippen LogP contribution in [0.1, 0.15) is 37.7 Å². The summed E-state index contributed by atoms with van der Waals surface area (Å²) in [5.41, 5.74) is 1.33. The topological polar surface area (TPSA) is 32.3 Å². The molecule has 1 amide bonds. The maximum absolute atomic E-state index is 12.9. The summed E-state index contributed by atoms with van der Waals surface area (Å²) in [4.78, 5) is 15.1. The Hall–Kier alpha value is -1.00. The van der Waals surface area contributed by atoms with Crippen LogP contribution in [0.15, 0.2) is 30.3 Å². The molecule has 1 saturated carbocycles. The maximum atomic E-state index is 12.9. The fourth-order valence-electron chi connectivity index (χ4n) is 3.70. The van der Waals surface area contributed by atoms with E-state index in [0.717, 1.165) is 25.3 Å². The molecule has 1 aliphatic carbocycles. The van der Waals surface area contributed by atoms with Crippen molar-refractivity contribution >= 4 is 17.7 Å². The predicted molar refractivity (Wildman–Crippen MR) is 97.8 cm³/mol. The van der Waals surface area contributed by atoms with Crippen molar-refractivity contribution < 1.29 is 4.79 Å². The van der Waals surface area contributed by atoms with E-state index in [2.05, 4.69) is 40.5 Å². The summed E-state index contributed by atoms with van der Waals surface area (Å²) in [5.74, 6) is 2.60. The Bertz CT molecular complexity index is 481. The number of nitrogens with zero attached hydrogens (tertiary/aromatic N) is 1. The number of thioether (sulfide) groups is 1. The van der Waals surface area contributed by atoms with Crippen LogP contribution in [-0.2, 0) is 11.2 Å². The summed E-state index contributed by atoms with van der Waals surface area (Å²) < 4.78 is 0. The van der Waals surface area contributed by atoms with Gasteiger partial charge in [0.25, 0.3) is 0 Å². The van der Waals surface area contributed by atoms with Crippen molar-refractivity contribution in [2.24, 2.45) is 0 Å². The second-order valence-corrected chi connectivity index (χ2v) is 7.84. The maximum Gasteiger partial charge on any atom is 0.224 e. The molecule has 3 rings (SSSR count). The number of rotatable bonds is 6. The Balaban J connectivity index is 1.58. The van der Waals surface area contributed by atoms with E-state index in [-0.39, 0.29) is 0 Å². The summed E-state index contributed by atoms with van der Waals surface area (Å²) in [7, 11) is 0. The minimum atomic E-state index is 0.354. The van der Waals surface area contributed by atoms with Gasteiger partial charge in [0.15, 0.2) is 0 Å².